The number of aromatic nitrogens is 4. The van der Waals surface area contributed by atoms with Gasteiger partial charge >= 0.3 is 6.03 Å². The normalized spacial score (nSPS) is 21.5. The van der Waals surface area contributed by atoms with Gasteiger partial charge in [-0.05, 0) is 55.2 Å². The van der Waals surface area contributed by atoms with E-state index < -0.39 is 5.60 Å². The van der Waals surface area contributed by atoms with E-state index in [1.54, 1.807) is 20.4 Å². The molecule has 1 saturated heterocycles. The number of carbonyl (C=O) groups excluding carboxylic acids is 1. The lowest BCUT2D eigenvalue weighted by atomic mass is 9.73. The highest BCUT2D eigenvalue weighted by molar-refractivity contribution is 5.92. The Hall–Kier alpha value is -4.53. The first kappa shape index (κ1) is 27.6. The highest BCUT2D eigenvalue weighted by atomic mass is 16.5. The van der Waals surface area contributed by atoms with Gasteiger partial charge in [0.1, 0.15) is 17.2 Å². The zero-order chi connectivity index (χ0) is 29.3. The van der Waals surface area contributed by atoms with E-state index in [1.807, 2.05) is 54.1 Å². The summed E-state index contributed by atoms with van der Waals surface area (Å²) in [6.07, 6.45) is 3.97. The fraction of sp³-hybridized carbons (Fsp3) is 0.387. The number of urea groups is 1. The van der Waals surface area contributed by atoms with E-state index in [2.05, 4.69) is 21.7 Å². The van der Waals surface area contributed by atoms with Gasteiger partial charge in [0.2, 0.25) is 0 Å². The lowest BCUT2D eigenvalue weighted by molar-refractivity contribution is -0.0246. The number of benzene rings is 1. The molecule has 1 aliphatic carbocycles. The molecule has 0 spiro atoms. The van der Waals surface area contributed by atoms with Crippen LogP contribution in [0.3, 0.4) is 0 Å². The van der Waals surface area contributed by atoms with Crippen molar-refractivity contribution in [1.29, 1.82) is 5.26 Å². The van der Waals surface area contributed by atoms with Crippen LogP contribution in [-0.4, -0.2) is 53.2 Å². The molecule has 1 saturated carbocycles. The summed E-state index contributed by atoms with van der Waals surface area (Å²) in [5, 5.41) is 20.9. The zero-order valence-electron chi connectivity index (χ0n) is 23.9. The van der Waals surface area contributed by atoms with Gasteiger partial charge in [0.15, 0.2) is 5.82 Å². The fourth-order valence-electron chi connectivity index (χ4n) is 5.61. The molecule has 1 aliphatic heterocycles. The zero-order valence-corrected chi connectivity index (χ0v) is 23.9. The predicted octanol–water partition coefficient (Wildman–Crippen LogP) is 4.73. The van der Waals surface area contributed by atoms with Crippen LogP contribution < -0.4 is 15.4 Å². The number of nitrogens with zero attached hydrogens (tertiary/aromatic N) is 5. The van der Waals surface area contributed by atoms with Gasteiger partial charge in [-0.2, -0.15) is 10.4 Å². The Labute approximate surface area is 243 Å². The lowest BCUT2D eigenvalue weighted by Gasteiger charge is -2.29. The van der Waals surface area contributed by atoms with Crippen molar-refractivity contribution in [1.82, 2.24) is 25.1 Å². The molecule has 6 rings (SSSR count). The molecule has 216 valence electrons. The summed E-state index contributed by atoms with van der Waals surface area (Å²) < 4.78 is 18.6. The van der Waals surface area contributed by atoms with Crippen LogP contribution in [-0.2, 0) is 21.6 Å². The smallest absolute Gasteiger partial charge is 0.320 e. The molecular weight excluding hydrogens is 534 g/mol. The molecule has 0 bridgehead atoms. The van der Waals surface area contributed by atoms with Crippen molar-refractivity contribution in [3.63, 3.8) is 0 Å². The fourth-order valence-corrected chi connectivity index (χ4v) is 5.61. The van der Waals surface area contributed by atoms with Gasteiger partial charge in [-0.3, -0.25) is 5.32 Å². The highest BCUT2D eigenvalue weighted by Crippen LogP contribution is 2.43. The third-order valence-corrected chi connectivity index (χ3v) is 8.17. The van der Waals surface area contributed by atoms with E-state index >= 15 is 0 Å². The number of rotatable bonds is 8. The van der Waals surface area contributed by atoms with Gasteiger partial charge in [0.25, 0.3) is 0 Å². The number of ether oxygens (including phenoxy) is 3. The second-order valence-electron chi connectivity index (χ2n) is 10.9. The molecule has 0 unspecified atom stereocenters. The average molecular weight is 568 g/mol. The first-order chi connectivity index (χ1) is 20.4. The molecule has 2 aliphatic rings. The van der Waals surface area contributed by atoms with E-state index in [1.165, 1.54) is 0 Å². The van der Waals surface area contributed by atoms with E-state index in [0.717, 1.165) is 52.0 Å². The molecule has 2 amide bonds. The molecular formula is C31H33N7O4. The maximum atomic E-state index is 12.8. The Balaban J connectivity index is 1.32. The number of pyridine rings is 2. The monoisotopic (exact) mass is 567 g/mol. The highest BCUT2D eigenvalue weighted by Gasteiger charge is 2.39. The summed E-state index contributed by atoms with van der Waals surface area (Å²) in [6.45, 7) is 3.41. The standard InChI is InChI=1S/C31H33N7O4/c1-19-10-26(31(41-3)8-9-42-18-31)35-28(11-19)38-25-14-27(33-17-24(25)29(37-38)22-12-21(13-22)15-32)36-30(39)34-16-20-4-6-23(40-2)7-5-20/h4-7,10-11,14,17,21-22H,8-9,12-13,16,18H2,1-3H3,(H2,33,34,36,39)/t21?,22?,31-/m1/s1. The predicted molar refractivity (Wildman–Crippen MR) is 155 cm³/mol. The van der Waals surface area contributed by atoms with Crippen molar-refractivity contribution < 1.29 is 19.0 Å². The van der Waals surface area contributed by atoms with Crippen LogP contribution in [0.1, 0.15) is 47.7 Å². The molecule has 42 heavy (non-hydrogen) atoms. The number of carbonyl (C=O) groups is 1. The molecule has 4 aromatic rings. The summed E-state index contributed by atoms with van der Waals surface area (Å²) >= 11 is 0. The van der Waals surface area contributed by atoms with Crippen LogP contribution in [0.15, 0.2) is 48.7 Å². The summed E-state index contributed by atoms with van der Waals surface area (Å²) in [5.74, 6) is 1.97. The lowest BCUT2D eigenvalue weighted by Crippen LogP contribution is -2.30. The average Bonchev–Trinajstić information content (AvgIpc) is 3.62. The van der Waals surface area contributed by atoms with Gasteiger partial charge in [-0.1, -0.05) is 12.1 Å². The Morgan fingerprint density at radius 3 is 2.71 bits per heavy atom. The van der Waals surface area contributed by atoms with Crippen LogP contribution >= 0.6 is 0 Å². The number of amides is 2. The van der Waals surface area contributed by atoms with Crippen LogP contribution in [0.5, 0.6) is 5.75 Å². The van der Waals surface area contributed by atoms with Crippen molar-refractivity contribution in [3.8, 4) is 17.6 Å². The van der Waals surface area contributed by atoms with Crippen molar-refractivity contribution in [2.45, 2.75) is 44.2 Å². The second kappa shape index (κ2) is 11.4. The van der Waals surface area contributed by atoms with Gasteiger partial charge in [-0.15, -0.1) is 0 Å². The molecule has 1 atom stereocenters. The summed E-state index contributed by atoms with van der Waals surface area (Å²) in [6, 6.07) is 15.3. The van der Waals surface area contributed by atoms with E-state index in [-0.39, 0.29) is 17.9 Å². The molecule has 1 aromatic carbocycles. The van der Waals surface area contributed by atoms with Gasteiger partial charge in [-0.25, -0.2) is 19.4 Å². The van der Waals surface area contributed by atoms with Crippen molar-refractivity contribution in [3.05, 3.63) is 71.2 Å². The molecule has 3 aromatic heterocycles. The molecule has 0 radical (unpaired) electrons. The van der Waals surface area contributed by atoms with Crippen LogP contribution in [0.25, 0.3) is 16.7 Å². The van der Waals surface area contributed by atoms with E-state index in [4.69, 9.17) is 24.3 Å². The Bertz CT molecular complexity index is 1650. The number of methoxy groups -OCH3 is 2. The maximum Gasteiger partial charge on any atom is 0.320 e. The minimum Gasteiger partial charge on any atom is -0.497 e. The molecule has 2 N–H and O–H groups in total. The first-order valence-electron chi connectivity index (χ1n) is 14.0. The van der Waals surface area contributed by atoms with Crippen molar-refractivity contribution in [2.24, 2.45) is 5.92 Å². The third-order valence-electron chi connectivity index (χ3n) is 8.17. The van der Waals surface area contributed by atoms with Crippen molar-refractivity contribution in [2.75, 3.05) is 32.8 Å². The number of nitrogens with one attached hydrogen (secondary N) is 2. The Morgan fingerprint density at radius 2 is 2.02 bits per heavy atom. The SMILES string of the molecule is COc1ccc(CNC(=O)Nc2cc3c(cn2)c(C2CC(C#N)C2)nn3-c2cc(C)cc([C@@]3(OC)CCOC3)n2)cc1. The Morgan fingerprint density at radius 1 is 1.21 bits per heavy atom. The number of hydrogen-bond donors (Lipinski definition) is 2. The maximum absolute atomic E-state index is 12.8. The van der Waals surface area contributed by atoms with Crippen LogP contribution in [0, 0.1) is 24.2 Å². The van der Waals surface area contributed by atoms with E-state index in [9.17, 15) is 10.1 Å². The number of fused-ring (bicyclic) bond motifs is 1. The molecule has 11 heteroatoms. The van der Waals surface area contributed by atoms with Crippen molar-refractivity contribution >= 4 is 22.8 Å². The number of anilines is 1. The first-order valence-corrected chi connectivity index (χ1v) is 14.0. The summed E-state index contributed by atoms with van der Waals surface area (Å²) in [5.41, 5.74) is 3.79. The minimum atomic E-state index is -0.614. The topological polar surface area (TPSA) is 136 Å². The number of aryl methyl sites for hydroxylation is 1. The Kier molecular flexibility index (Phi) is 7.49. The summed E-state index contributed by atoms with van der Waals surface area (Å²) in [4.78, 5) is 22.3. The molecule has 2 fully saturated rings. The quantitative estimate of drug-likeness (QED) is 0.312. The van der Waals surface area contributed by atoms with Crippen LogP contribution in [0.2, 0.25) is 0 Å². The number of nitriles is 1. The summed E-state index contributed by atoms with van der Waals surface area (Å²) in [7, 11) is 3.30. The van der Waals surface area contributed by atoms with Gasteiger partial charge in [0.05, 0.1) is 36.7 Å². The molecule has 4 heterocycles. The van der Waals surface area contributed by atoms with E-state index in [0.29, 0.717) is 37.8 Å². The van der Waals surface area contributed by atoms with Gasteiger partial charge in [0, 0.05) is 56.2 Å². The van der Waals surface area contributed by atoms with Gasteiger partial charge < -0.3 is 19.5 Å². The van der Waals surface area contributed by atoms with Crippen LogP contribution in [0.4, 0.5) is 10.6 Å². The largest absolute Gasteiger partial charge is 0.497 e. The number of hydrogen-bond acceptors (Lipinski definition) is 8. The second-order valence-corrected chi connectivity index (χ2v) is 10.9. The molecule has 11 nitrogen and oxygen atoms in total. The third kappa shape index (κ3) is 5.26. The minimum absolute atomic E-state index is 0.0334.